The smallest absolute Gasteiger partial charge is 0.123 e. The maximum Gasteiger partial charge on any atom is 0.123 e. The summed E-state index contributed by atoms with van der Waals surface area (Å²) in [6.45, 7) is 4.21. The van der Waals surface area contributed by atoms with Crippen LogP contribution in [0.25, 0.3) is 0 Å². The van der Waals surface area contributed by atoms with Gasteiger partial charge in [0.05, 0.1) is 11.7 Å². The Kier molecular flexibility index (Phi) is 4.99. The van der Waals surface area contributed by atoms with Gasteiger partial charge in [-0.25, -0.2) is 4.39 Å². The molecule has 4 heteroatoms. The Morgan fingerprint density at radius 2 is 1.85 bits per heavy atom. The van der Waals surface area contributed by atoms with Gasteiger partial charge in [-0.3, -0.25) is 0 Å². The number of hydrogen-bond donors (Lipinski definition) is 0. The monoisotopic (exact) mass is 318 g/mol. The predicted molar refractivity (Wildman–Crippen MR) is 82.3 cm³/mol. The topological polar surface area (TPSA) is 9.23 Å². The van der Waals surface area contributed by atoms with Crippen LogP contribution < -0.4 is 0 Å². The normalized spacial score (nSPS) is 22.1. The Morgan fingerprint density at radius 3 is 2.30 bits per heavy atom. The van der Waals surface area contributed by atoms with Crippen LogP contribution in [-0.4, -0.2) is 23.5 Å². The molecule has 1 unspecified atom stereocenters. The molecule has 2 rings (SSSR count). The minimum atomic E-state index is -0.359. The molecule has 0 saturated carbocycles. The fraction of sp³-hybridized carbons (Fsp3) is 0.625. The van der Waals surface area contributed by atoms with Gasteiger partial charge in [-0.1, -0.05) is 12.1 Å². The first kappa shape index (κ1) is 16.1. The van der Waals surface area contributed by atoms with Gasteiger partial charge in [-0.15, -0.1) is 23.2 Å². The van der Waals surface area contributed by atoms with Gasteiger partial charge in [-0.2, -0.15) is 0 Å². The van der Waals surface area contributed by atoms with Crippen LogP contribution in [0.4, 0.5) is 4.39 Å². The Morgan fingerprint density at radius 1 is 1.25 bits per heavy atom. The van der Waals surface area contributed by atoms with Crippen LogP contribution in [0, 0.1) is 5.82 Å². The summed E-state index contributed by atoms with van der Waals surface area (Å²) in [4.78, 5) is 0. The van der Waals surface area contributed by atoms with E-state index in [0.717, 1.165) is 24.8 Å². The summed E-state index contributed by atoms with van der Waals surface area (Å²) in [7, 11) is 0. The molecule has 1 aromatic carbocycles. The highest BCUT2D eigenvalue weighted by molar-refractivity contribution is 6.22. The number of alkyl halides is 2. The average Bonchev–Trinajstić information content (AvgIpc) is 2.76. The summed E-state index contributed by atoms with van der Waals surface area (Å²) in [5, 5.41) is 0. The van der Waals surface area contributed by atoms with Crippen molar-refractivity contribution in [3.8, 4) is 0 Å². The second-order valence-electron chi connectivity index (χ2n) is 6.30. The fourth-order valence-electron chi connectivity index (χ4n) is 2.88. The molecule has 0 amide bonds. The SMILES string of the molecule is CC1(C)CCC(CC(CCl)(CCl)c2ccc(F)cc2)O1. The molecule has 0 aromatic heterocycles. The Hall–Kier alpha value is -0.310. The Labute approximate surface area is 130 Å². The van der Waals surface area contributed by atoms with Gasteiger partial charge in [0.2, 0.25) is 0 Å². The lowest BCUT2D eigenvalue weighted by atomic mass is 9.79. The van der Waals surface area contributed by atoms with Crippen LogP contribution in [-0.2, 0) is 10.2 Å². The first-order valence-corrected chi connectivity index (χ1v) is 8.03. The van der Waals surface area contributed by atoms with Crippen molar-refractivity contribution in [3.05, 3.63) is 35.6 Å². The molecule has 20 heavy (non-hydrogen) atoms. The largest absolute Gasteiger partial charge is 0.372 e. The summed E-state index contributed by atoms with van der Waals surface area (Å²) in [6, 6.07) is 6.48. The van der Waals surface area contributed by atoms with E-state index in [-0.39, 0.29) is 22.9 Å². The van der Waals surface area contributed by atoms with Crippen molar-refractivity contribution in [2.45, 2.75) is 50.2 Å². The molecule has 0 N–H and O–H groups in total. The van der Waals surface area contributed by atoms with Crippen LogP contribution in [0.1, 0.15) is 38.7 Å². The van der Waals surface area contributed by atoms with Crippen LogP contribution in [0.2, 0.25) is 0 Å². The molecule has 1 aliphatic heterocycles. The average molecular weight is 319 g/mol. The highest BCUT2D eigenvalue weighted by Gasteiger charge is 2.39. The van der Waals surface area contributed by atoms with Gasteiger partial charge in [-0.05, 0) is 50.8 Å². The molecule has 1 atom stereocenters. The molecule has 1 saturated heterocycles. The third-order valence-corrected chi connectivity index (χ3v) is 5.16. The van der Waals surface area contributed by atoms with E-state index in [2.05, 4.69) is 13.8 Å². The van der Waals surface area contributed by atoms with Crippen molar-refractivity contribution >= 4 is 23.2 Å². The van der Waals surface area contributed by atoms with E-state index in [9.17, 15) is 4.39 Å². The highest BCUT2D eigenvalue weighted by Crippen LogP contribution is 2.39. The van der Waals surface area contributed by atoms with E-state index in [1.54, 1.807) is 12.1 Å². The number of halogens is 3. The van der Waals surface area contributed by atoms with Crippen LogP contribution in [0.3, 0.4) is 0 Å². The highest BCUT2D eigenvalue weighted by atomic mass is 35.5. The zero-order chi connectivity index (χ0) is 14.8. The van der Waals surface area contributed by atoms with Gasteiger partial charge in [0.25, 0.3) is 0 Å². The zero-order valence-electron chi connectivity index (χ0n) is 12.0. The lowest BCUT2D eigenvalue weighted by Crippen LogP contribution is -2.35. The van der Waals surface area contributed by atoms with Gasteiger partial charge >= 0.3 is 0 Å². The van der Waals surface area contributed by atoms with E-state index < -0.39 is 0 Å². The Balaban J connectivity index is 2.19. The third kappa shape index (κ3) is 3.47. The molecule has 1 fully saturated rings. The van der Waals surface area contributed by atoms with Gasteiger partial charge in [0.15, 0.2) is 0 Å². The molecule has 1 aliphatic rings. The number of rotatable bonds is 5. The van der Waals surface area contributed by atoms with Crippen LogP contribution in [0.15, 0.2) is 24.3 Å². The van der Waals surface area contributed by atoms with Gasteiger partial charge < -0.3 is 4.74 Å². The van der Waals surface area contributed by atoms with Crippen LogP contribution >= 0.6 is 23.2 Å². The number of ether oxygens (including phenoxy) is 1. The van der Waals surface area contributed by atoms with E-state index in [0.29, 0.717) is 11.8 Å². The van der Waals surface area contributed by atoms with Gasteiger partial charge in [0.1, 0.15) is 5.82 Å². The van der Waals surface area contributed by atoms with E-state index in [1.807, 2.05) is 0 Å². The summed E-state index contributed by atoms with van der Waals surface area (Å²) in [5.74, 6) is 0.565. The standard InChI is InChI=1S/C16H21Cl2FO/c1-15(2)8-7-14(20-15)9-16(10-17,11-18)12-3-5-13(19)6-4-12/h3-6,14H,7-11H2,1-2H3. The summed E-state index contributed by atoms with van der Waals surface area (Å²) < 4.78 is 19.2. The Bertz CT molecular complexity index is 440. The van der Waals surface area contributed by atoms with Crippen molar-refractivity contribution in [2.75, 3.05) is 11.8 Å². The van der Waals surface area contributed by atoms with Crippen molar-refractivity contribution < 1.29 is 9.13 Å². The molecule has 112 valence electrons. The first-order chi connectivity index (χ1) is 9.41. The third-order valence-electron chi connectivity index (χ3n) is 4.14. The molecule has 0 bridgehead atoms. The quantitative estimate of drug-likeness (QED) is 0.702. The number of benzene rings is 1. The fourth-order valence-corrected chi connectivity index (χ4v) is 3.69. The summed E-state index contributed by atoms with van der Waals surface area (Å²) in [6.07, 6.45) is 2.99. The molecule has 0 radical (unpaired) electrons. The summed E-state index contributed by atoms with van der Waals surface area (Å²) >= 11 is 12.4. The number of hydrogen-bond acceptors (Lipinski definition) is 1. The molecular weight excluding hydrogens is 298 g/mol. The van der Waals surface area contributed by atoms with Crippen LogP contribution in [0.5, 0.6) is 0 Å². The molecule has 1 aromatic rings. The maximum absolute atomic E-state index is 13.1. The van der Waals surface area contributed by atoms with Crippen molar-refractivity contribution in [2.24, 2.45) is 0 Å². The van der Waals surface area contributed by atoms with Crippen molar-refractivity contribution in [1.29, 1.82) is 0 Å². The van der Waals surface area contributed by atoms with Gasteiger partial charge in [0, 0.05) is 17.2 Å². The van der Waals surface area contributed by atoms with E-state index >= 15 is 0 Å². The minimum absolute atomic E-state index is 0.0716. The molecule has 1 nitrogen and oxygen atoms in total. The minimum Gasteiger partial charge on any atom is -0.372 e. The second kappa shape index (κ2) is 6.21. The summed E-state index contributed by atoms with van der Waals surface area (Å²) in [5.41, 5.74) is 0.553. The lowest BCUT2D eigenvalue weighted by Gasteiger charge is -2.33. The molecule has 0 aliphatic carbocycles. The van der Waals surface area contributed by atoms with Crippen molar-refractivity contribution in [1.82, 2.24) is 0 Å². The zero-order valence-corrected chi connectivity index (χ0v) is 13.5. The van der Waals surface area contributed by atoms with Crippen molar-refractivity contribution in [3.63, 3.8) is 0 Å². The second-order valence-corrected chi connectivity index (χ2v) is 6.83. The first-order valence-electron chi connectivity index (χ1n) is 6.97. The lowest BCUT2D eigenvalue weighted by molar-refractivity contribution is -0.0250. The molecular formula is C16H21Cl2FO. The predicted octanol–water partition coefficient (Wildman–Crippen LogP) is 4.89. The van der Waals surface area contributed by atoms with E-state index in [4.69, 9.17) is 27.9 Å². The molecule has 1 heterocycles. The molecule has 0 spiro atoms. The maximum atomic E-state index is 13.1. The van der Waals surface area contributed by atoms with E-state index in [1.165, 1.54) is 12.1 Å².